The Bertz CT molecular complexity index is 198. The molecule has 0 aliphatic carbocycles. The molecule has 2 heteroatoms. The van der Waals surface area contributed by atoms with Gasteiger partial charge in [-0.1, -0.05) is 6.92 Å². The van der Waals surface area contributed by atoms with Crippen LogP contribution in [0.25, 0.3) is 0 Å². The van der Waals surface area contributed by atoms with Crippen LogP contribution in [0.3, 0.4) is 0 Å². The van der Waals surface area contributed by atoms with Gasteiger partial charge in [-0.15, -0.1) is 0 Å². The number of nitrogens with zero attached hydrogens (tertiary/aromatic N) is 2. The van der Waals surface area contributed by atoms with Gasteiger partial charge >= 0.3 is 0 Å². The van der Waals surface area contributed by atoms with Crippen LogP contribution in [0.1, 0.15) is 34.6 Å². The monoisotopic (exact) mass is 196 g/mol. The van der Waals surface area contributed by atoms with Crippen LogP contribution >= 0.6 is 0 Å². The molecule has 3 aliphatic rings. The molecule has 3 fully saturated rings. The van der Waals surface area contributed by atoms with Gasteiger partial charge < -0.3 is 0 Å². The summed E-state index contributed by atoms with van der Waals surface area (Å²) in [4.78, 5) is 5.35. The summed E-state index contributed by atoms with van der Waals surface area (Å²) < 4.78 is 0. The van der Waals surface area contributed by atoms with Gasteiger partial charge in [-0.05, 0) is 33.6 Å². The average molecular weight is 196 g/mol. The van der Waals surface area contributed by atoms with Gasteiger partial charge in [-0.3, -0.25) is 9.80 Å². The molecule has 0 radical (unpaired) electrons. The van der Waals surface area contributed by atoms with Gasteiger partial charge in [0, 0.05) is 37.3 Å². The fourth-order valence-corrected chi connectivity index (χ4v) is 3.21. The van der Waals surface area contributed by atoms with Crippen molar-refractivity contribution in [2.24, 2.45) is 5.92 Å². The number of hydrogen-bond acceptors (Lipinski definition) is 2. The second-order valence-electron chi connectivity index (χ2n) is 5.58. The molecule has 2 nitrogen and oxygen atoms in total. The van der Waals surface area contributed by atoms with Crippen LogP contribution in [0.5, 0.6) is 0 Å². The highest BCUT2D eigenvalue weighted by molar-refractivity contribution is 5.07. The maximum atomic E-state index is 2.71. The Kier molecular flexibility index (Phi) is 2.61. The molecule has 0 aromatic heterocycles. The van der Waals surface area contributed by atoms with Crippen LogP contribution in [0.2, 0.25) is 0 Å². The third-order valence-corrected chi connectivity index (χ3v) is 4.15. The lowest BCUT2D eigenvalue weighted by atomic mass is 9.75. The van der Waals surface area contributed by atoms with E-state index in [1.165, 1.54) is 13.1 Å². The Morgan fingerprint density at radius 1 is 0.929 bits per heavy atom. The molecule has 14 heavy (non-hydrogen) atoms. The van der Waals surface area contributed by atoms with Gasteiger partial charge in [0.15, 0.2) is 0 Å². The summed E-state index contributed by atoms with van der Waals surface area (Å²) >= 11 is 0. The van der Waals surface area contributed by atoms with Crippen molar-refractivity contribution in [3.8, 4) is 0 Å². The summed E-state index contributed by atoms with van der Waals surface area (Å²) in [5.74, 6) is 0.924. The summed E-state index contributed by atoms with van der Waals surface area (Å²) in [5.41, 5.74) is 0. The molecular formula is C12H24N2. The van der Waals surface area contributed by atoms with Crippen LogP contribution in [-0.4, -0.2) is 47.1 Å². The first-order valence-corrected chi connectivity index (χ1v) is 6.04. The van der Waals surface area contributed by atoms with Crippen molar-refractivity contribution in [2.45, 2.75) is 58.8 Å². The van der Waals surface area contributed by atoms with Gasteiger partial charge in [0.05, 0.1) is 0 Å². The number of piperazine rings is 1. The molecule has 2 unspecified atom stereocenters. The fourth-order valence-electron chi connectivity index (χ4n) is 3.21. The third-order valence-electron chi connectivity index (χ3n) is 4.15. The molecule has 3 rings (SSSR count). The van der Waals surface area contributed by atoms with Crippen molar-refractivity contribution in [1.29, 1.82) is 0 Å². The van der Waals surface area contributed by atoms with E-state index in [0.29, 0.717) is 0 Å². The second-order valence-corrected chi connectivity index (χ2v) is 5.58. The van der Waals surface area contributed by atoms with E-state index >= 15 is 0 Å². The Balaban J connectivity index is 2.02. The zero-order chi connectivity index (χ0) is 10.5. The summed E-state index contributed by atoms with van der Waals surface area (Å²) in [5, 5.41) is 0. The lowest BCUT2D eigenvalue weighted by molar-refractivity contribution is -0.141. The van der Waals surface area contributed by atoms with Crippen LogP contribution < -0.4 is 0 Å². The normalized spacial score (nSPS) is 39.2. The molecule has 0 aromatic carbocycles. The Morgan fingerprint density at radius 2 is 1.43 bits per heavy atom. The summed E-state index contributed by atoms with van der Waals surface area (Å²) in [6.07, 6.45) is 0. The van der Waals surface area contributed by atoms with E-state index in [1.807, 2.05) is 0 Å². The molecule has 0 saturated carbocycles. The molecule has 0 amide bonds. The van der Waals surface area contributed by atoms with Crippen molar-refractivity contribution >= 4 is 0 Å². The molecule has 3 saturated heterocycles. The standard InChI is InChI=1S/C12H24N2/c1-8(2)13-6-11-10(5)12(7-13)14(11)9(3)4/h8-12H,6-7H2,1-5H3. The summed E-state index contributed by atoms with van der Waals surface area (Å²) in [7, 11) is 0. The largest absolute Gasteiger partial charge is 0.298 e. The molecular weight excluding hydrogens is 172 g/mol. The lowest BCUT2D eigenvalue weighted by Gasteiger charge is -2.63. The lowest BCUT2D eigenvalue weighted by Crippen LogP contribution is -2.75. The Hall–Kier alpha value is -0.0800. The van der Waals surface area contributed by atoms with Crippen molar-refractivity contribution in [2.75, 3.05) is 13.1 Å². The number of rotatable bonds is 2. The summed E-state index contributed by atoms with van der Waals surface area (Å²) in [6, 6.07) is 3.12. The van der Waals surface area contributed by atoms with Crippen LogP contribution in [0, 0.1) is 5.92 Å². The quantitative estimate of drug-likeness (QED) is 0.664. The minimum atomic E-state index is 0.724. The first kappa shape index (κ1) is 10.4. The molecule has 0 aromatic rings. The van der Waals surface area contributed by atoms with Crippen molar-refractivity contribution in [3.63, 3.8) is 0 Å². The van der Waals surface area contributed by atoms with Crippen molar-refractivity contribution in [3.05, 3.63) is 0 Å². The van der Waals surface area contributed by atoms with Gasteiger partial charge in [-0.2, -0.15) is 0 Å². The smallest absolute Gasteiger partial charge is 0.0270 e. The molecule has 2 bridgehead atoms. The van der Waals surface area contributed by atoms with Gasteiger partial charge in [0.2, 0.25) is 0 Å². The molecule has 2 atom stereocenters. The zero-order valence-electron chi connectivity index (χ0n) is 10.2. The minimum absolute atomic E-state index is 0.724. The average Bonchev–Trinajstić information content (AvgIpc) is 2.15. The van der Waals surface area contributed by atoms with Crippen LogP contribution in [0.4, 0.5) is 0 Å². The molecule has 82 valence electrons. The highest BCUT2D eigenvalue weighted by Gasteiger charge is 2.51. The van der Waals surface area contributed by atoms with E-state index in [2.05, 4.69) is 44.4 Å². The van der Waals surface area contributed by atoms with Gasteiger partial charge in [-0.25, -0.2) is 0 Å². The van der Waals surface area contributed by atoms with Crippen LogP contribution in [-0.2, 0) is 0 Å². The number of hydrogen-bond donors (Lipinski definition) is 0. The van der Waals surface area contributed by atoms with E-state index in [4.69, 9.17) is 0 Å². The van der Waals surface area contributed by atoms with E-state index in [9.17, 15) is 0 Å². The van der Waals surface area contributed by atoms with E-state index < -0.39 is 0 Å². The maximum Gasteiger partial charge on any atom is 0.0270 e. The van der Waals surface area contributed by atoms with Crippen molar-refractivity contribution < 1.29 is 0 Å². The zero-order valence-corrected chi connectivity index (χ0v) is 10.2. The molecule has 0 N–H and O–H groups in total. The fraction of sp³-hybridized carbons (Fsp3) is 1.00. The predicted octanol–water partition coefficient (Wildman–Crippen LogP) is 1.81. The number of piperidine rings is 1. The highest BCUT2D eigenvalue weighted by Crippen LogP contribution is 2.39. The third kappa shape index (κ3) is 1.40. The predicted molar refractivity (Wildman–Crippen MR) is 60.4 cm³/mol. The molecule has 3 heterocycles. The minimum Gasteiger partial charge on any atom is -0.298 e. The first-order chi connectivity index (χ1) is 6.52. The van der Waals surface area contributed by atoms with Crippen LogP contribution in [0.15, 0.2) is 0 Å². The molecule has 0 spiro atoms. The molecule has 3 aliphatic heterocycles. The number of fused-ring (bicyclic) bond motifs is 2. The maximum absolute atomic E-state index is 2.71. The first-order valence-electron chi connectivity index (χ1n) is 6.04. The summed E-state index contributed by atoms with van der Waals surface area (Å²) in [6.45, 7) is 14.3. The SMILES string of the molecule is CC1C2CN(C(C)C)CC1N2C(C)C. The second kappa shape index (κ2) is 3.49. The Morgan fingerprint density at radius 3 is 1.79 bits per heavy atom. The highest BCUT2D eigenvalue weighted by atomic mass is 15.4. The van der Waals surface area contributed by atoms with E-state index in [0.717, 1.165) is 30.1 Å². The van der Waals surface area contributed by atoms with E-state index in [-0.39, 0.29) is 0 Å². The van der Waals surface area contributed by atoms with Gasteiger partial charge in [0.25, 0.3) is 0 Å². The van der Waals surface area contributed by atoms with Crippen molar-refractivity contribution in [1.82, 2.24) is 9.80 Å². The van der Waals surface area contributed by atoms with E-state index in [1.54, 1.807) is 0 Å². The Labute approximate surface area is 88.3 Å². The van der Waals surface area contributed by atoms with Gasteiger partial charge in [0.1, 0.15) is 0 Å². The topological polar surface area (TPSA) is 6.48 Å².